The number of carbonyl (C=O) groups excluding carboxylic acids is 2. The van der Waals surface area contributed by atoms with Crippen molar-refractivity contribution in [2.75, 3.05) is 12.8 Å². The number of carbonyl (C=O) groups is 2. The maximum Gasteiger partial charge on any atom is 0.337 e. The molecular weight excluding hydrogens is 399 g/mol. The van der Waals surface area contributed by atoms with Crippen molar-refractivity contribution in [3.63, 3.8) is 0 Å². The summed E-state index contributed by atoms with van der Waals surface area (Å²) in [4.78, 5) is 25.2. The summed E-state index contributed by atoms with van der Waals surface area (Å²) in [5.41, 5.74) is 0.686. The Morgan fingerprint density at radius 3 is 2.03 bits per heavy atom. The number of rotatable bonds is 7. The summed E-state index contributed by atoms with van der Waals surface area (Å²) in [5, 5.41) is 6.88. The first-order valence-corrected chi connectivity index (χ1v) is 11.9. The molecule has 2 amide bonds. The molecule has 0 saturated carbocycles. The van der Waals surface area contributed by atoms with E-state index in [1.54, 1.807) is 6.92 Å². The van der Waals surface area contributed by atoms with Gasteiger partial charge in [0.1, 0.15) is 7.14 Å². The van der Waals surface area contributed by atoms with Crippen molar-refractivity contribution in [2.45, 2.75) is 26.8 Å². The van der Waals surface area contributed by atoms with Gasteiger partial charge in [-0.3, -0.25) is 0 Å². The molecule has 30 heavy (non-hydrogen) atoms. The topological polar surface area (TPSA) is 84.5 Å². The summed E-state index contributed by atoms with van der Waals surface area (Å²) in [6.45, 7) is 5.78. The maximum atomic E-state index is 14.4. The van der Waals surface area contributed by atoms with Gasteiger partial charge in [0.15, 0.2) is 0 Å². The normalized spacial score (nSPS) is 16.8. The SMILES string of the molecule is CCOC(=O)C1=C(CP(=O)(c2ccccc2)c2ccccc2)NC(=O)NC1C(C)C. The van der Waals surface area contributed by atoms with Gasteiger partial charge in [0, 0.05) is 22.5 Å². The third kappa shape index (κ3) is 4.49. The average Bonchev–Trinajstić information content (AvgIpc) is 2.74. The highest BCUT2D eigenvalue weighted by Gasteiger charge is 2.38. The smallest absolute Gasteiger partial charge is 0.337 e. The van der Waals surface area contributed by atoms with E-state index in [9.17, 15) is 14.2 Å². The van der Waals surface area contributed by atoms with Gasteiger partial charge in [-0.2, -0.15) is 0 Å². The second kappa shape index (κ2) is 9.31. The minimum Gasteiger partial charge on any atom is -0.463 e. The number of nitrogens with one attached hydrogen (secondary N) is 2. The van der Waals surface area contributed by atoms with Crippen molar-refractivity contribution in [1.82, 2.24) is 10.6 Å². The molecule has 7 heteroatoms. The zero-order chi connectivity index (χ0) is 21.7. The first-order valence-electron chi connectivity index (χ1n) is 10.0. The Balaban J connectivity index is 2.17. The Bertz CT molecular complexity index is 943. The maximum absolute atomic E-state index is 14.4. The quantitative estimate of drug-likeness (QED) is 0.526. The van der Waals surface area contributed by atoms with Crippen LogP contribution in [0.5, 0.6) is 0 Å². The molecule has 2 N–H and O–H groups in total. The highest BCUT2D eigenvalue weighted by atomic mass is 31.2. The zero-order valence-electron chi connectivity index (χ0n) is 17.4. The van der Waals surface area contributed by atoms with E-state index in [0.29, 0.717) is 21.9 Å². The fraction of sp³-hybridized carbons (Fsp3) is 0.304. The Kier molecular flexibility index (Phi) is 6.78. The molecule has 0 bridgehead atoms. The number of ether oxygens (including phenoxy) is 1. The van der Waals surface area contributed by atoms with Crippen LogP contribution in [0, 0.1) is 5.92 Å². The highest BCUT2D eigenvalue weighted by Crippen LogP contribution is 2.45. The Morgan fingerprint density at radius 2 is 1.57 bits per heavy atom. The van der Waals surface area contributed by atoms with Crippen molar-refractivity contribution < 1.29 is 18.9 Å². The second-order valence-corrected chi connectivity index (χ2v) is 10.3. The van der Waals surface area contributed by atoms with Gasteiger partial charge in [-0.15, -0.1) is 0 Å². The van der Waals surface area contributed by atoms with Crippen LogP contribution in [0.3, 0.4) is 0 Å². The van der Waals surface area contributed by atoms with Crippen molar-refractivity contribution in [1.29, 1.82) is 0 Å². The van der Waals surface area contributed by atoms with Crippen LogP contribution in [0.2, 0.25) is 0 Å². The van der Waals surface area contributed by atoms with Gasteiger partial charge in [-0.05, 0) is 12.8 Å². The molecule has 0 aromatic heterocycles. The van der Waals surface area contributed by atoms with Crippen molar-refractivity contribution in [2.24, 2.45) is 5.92 Å². The van der Waals surface area contributed by atoms with E-state index in [0.717, 1.165) is 0 Å². The van der Waals surface area contributed by atoms with Crippen LogP contribution in [0.4, 0.5) is 4.79 Å². The minimum absolute atomic E-state index is 0.0197. The van der Waals surface area contributed by atoms with Gasteiger partial charge in [-0.25, -0.2) is 9.59 Å². The number of urea groups is 1. The Labute approximate surface area is 177 Å². The molecule has 0 saturated heterocycles. The number of esters is 1. The number of hydrogen-bond acceptors (Lipinski definition) is 4. The molecule has 0 fully saturated rings. The number of allylic oxidation sites excluding steroid dienone is 1. The predicted octanol–water partition coefficient (Wildman–Crippen LogP) is 3.16. The minimum atomic E-state index is -3.18. The molecule has 0 aliphatic carbocycles. The summed E-state index contributed by atoms with van der Waals surface area (Å²) in [6, 6.07) is 17.4. The van der Waals surface area contributed by atoms with E-state index < -0.39 is 25.2 Å². The van der Waals surface area contributed by atoms with E-state index in [-0.39, 0.29) is 18.7 Å². The van der Waals surface area contributed by atoms with Gasteiger partial charge in [0.05, 0.1) is 18.2 Å². The van der Waals surface area contributed by atoms with E-state index in [1.165, 1.54) is 0 Å². The van der Waals surface area contributed by atoms with Crippen molar-refractivity contribution in [3.05, 3.63) is 71.9 Å². The van der Waals surface area contributed by atoms with E-state index in [2.05, 4.69) is 10.6 Å². The monoisotopic (exact) mass is 426 g/mol. The highest BCUT2D eigenvalue weighted by molar-refractivity contribution is 7.78. The lowest BCUT2D eigenvalue weighted by Gasteiger charge is -2.33. The molecular formula is C23H27N2O4P. The van der Waals surface area contributed by atoms with Gasteiger partial charge in [0.2, 0.25) is 0 Å². The predicted molar refractivity (Wildman–Crippen MR) is 119 cm³/mol. The lowest BCUT2D eigenvalue weighted by molar-refractivity contribution is -0.139. The molecule has 6 nitrogen and oxygen atoms in total. The largest absolute Gasteiger partial charge is 0.463 e. The lowest BCUT2D eigenvalue weighted by Crippen LogP contribution is -2.53. The molecule has 0 radical (unpaired) electrons. The number of benzene rings is 2. The summed E-state index contributed by atoms with van der Waals surface area (Å²) in [5.74, 6) is -0.551. The van der Waals surface area contributed by atoms with Gasteiger partial charge < -0.3 is 19.9 Å². The summed E-state index contributed by atoms with van der Waals surface area (Å²) in [6.07, 6.45) is 0.0197. The fourth-order valence-electron chi connectivity index (χ4n) is 3.62. The van der Waals surface area contributed by atoms with Crippen LogP contribution in [0.1, 0.15) is 20.8 Å². The Hall–Kier alpha value is -2.85. The van der Waals surface area contributed by atoms with Crippen LogP contribution in [-0.4, -0.2) is 30.8 Å². The molecule has 1 atom stereocenters. The van der Waals surface area contributed by atoms with Gasteiger partial charge in [-0.1, -0.05) is 74.5 Å². The van der Waals surface area contributed by atoms with E-state index in [1.807, 2.05) is 74.5 Å². The average molecular weight is 426 g/mol. The fourth-order valence-corrected chi connectivity index (χ4v) is 6.28. The van der Waals surface area contributed by atoms with Crippen molar-refractivity contribution in [3.8, 4) is 0 Å². The number of hydrogen-bond donors (Lipinski definition) is 2. The molecule has 1 aliphatic rings. The Morgan fingerprint density at radius 1 is 1.03 bits per heavy atom. The zero-order valence-corrected chi connectivity index (χ0v) is 18.3. The second-order valence-electron chi connectivity index (χ2n) is 7.50. The summed E-state index contributed by atoms with van der Waals surface area (Å²) in [7, 11) is -3.18. The molecule has 158 valence electrons. The molecule has 0 spiro atoms. The molecule has 1 aliphatic heterocycles. The standard InChI is InChI=1S/C23H27N2O4P/c1-4-29-22(26)20-19(24-23(27)25-21(20)16(2)3)15-30(28,17-11-7-5-8-12-17)18-13-9-6-10-14-18/h5-14,16,21H,4,15H2,1-3H3,(H2,24,25,27). The molecule has 2 aromatic rings. The van der Waals surface area contributed by atoms with E-state index >= 15 is 0 Å². The molecule has 1 heterocycles. The van der Waals surface area contributed by atoms with Crippen LogP contribution in [0.25, 0.3) is 0 Å². The summed E-state index contributed by atoms with van der Waals surface area (Å²) < 4.78 is 19.7. The first kappa shape index (κ1) is 21.8. The van der Waals surface area contributed by atoms with Gasteiger partial charge in [0.25, 0.3) is 0 Å². The molecule has 2 aromatic carbocycles. The van der Waals surface area contributed by atoms with Crippen LogP contribution < -0.4 is 21.2 Å². The first-order chi connectivity index (χ1) is 14.4. The molecule has 1 unspecified atom stereocenters. The third-order valence-corrected chi connectivity index (χ3v) is 8.10. The lowest BCUT2D eigenvalue weighted by atomic mass is 9.93. The third-order valence-electron chi connectivity index (χ3n) is 5.08. The van der Waals surface area contributed by atoms with E-state index in [4.69, 9.17) is 4.74 Å². The summed E-state index contributed by atoms with van der Waals surface area (Å²) >= 11 is 0. The van der Waals surface area contributed by atoms with Crippen molar-refractivity contribution >= 4 is 29.8 Å². The van der Waals surface area contributed by atoms with Crippen LogP contribution >= 0.6 is 7.14 Å². The van der Waals surface area contributed by atoms with Crippen LogP contribution in [0.15, 0.2) is 71.9 Å². The number of amides is 2. The molecule has 3 rings (SSSR count). The van der Waals surface area contributed by atoms with Crippen LogP contribution in [-0.2, 0) is 14.1 Å². The van der Waals surface area contributed by atoms with Gasteiger partial charge >= 0.3 is 12.0 Å².